The van der Waals surface area contributed by atoms with Gasteiger partial charge >= 0.3 is 0 Å². The first-order valence-corrected chi connectivity index (χ1v) is 6.38. The molecule has 0 aromatic heterocycles. The molecule has 0 aliphatic carbocycles. The Morgan fingerprint density at radius 2 is 1.68 bits per heavy atom. The summed E-state index contributed by atoms with van der Waals surface area (Å²) in [6, 6.07) is 5.37. The number of nitrogen functional groups attached to an aromatic ring is 1. The van der Waals surface area contributed by atoms with Gasteiger partial charge in [0.2, 0.25) is 0 Å². The highest BCUT2D eigenvalue weighted by atomic mass is 16.5. The molecule has 5 nitrogen and oxygen atoms in total. The van der Waals surface area contributed by atoms with Crippen molar-refractivity contribution in [2.24, 2.45) is 0 Å². The first-order valence-electron chi connectivity index (χ1n) is 6.38. The molecular weight excluding hydrogens is 246 g/mol. The van der Waals surface area contributed by atoms with Gasteiger partial charge in [-0.3, -0.25) is 0 Å². The largest absolute Gasteiger partial charge is 0.491 e. The van der Waals surface area contributed by atoms with E-state index in [2.05, 4.69) is 0 Å². The van der Waals surface area contributed by atoms with Gasteiger partial charge in [-0.15, -0.1) is 0 Å². The van der Waals surface area contributed by atoms with Crippen LogP contribution in [0.2, 0.25) is 0 Å². The number of benzene rings is 1. The minimum atomic E-state index is 0.104. The molecule has 0 saturated heterocycles. The maximum absolute atomic E-state index is 5.80. The minimum absolute atomic E-state index is 0.104. The SMILES string of the molecule is COCCOCCOc1cc(N)cc(OC(C)C)c1. The number of nitrogens with two attached hydrogens (primary N) is 1. The average Bonchev–Trinajstić information content (AvgIpc) is 2.32. The van der Waals surface area contributed by atoms with Crippen molar-refractivity contribution in [3.63, 3.8) is 0 Å². The maximum atomic E-state index is 5.80. The second-order valence-electron chi connectivity index (χ2n) is 4.36. The molecular formula is C14H23NO4. The number of rotatable bonds is 9. The van der Waals surface area contributed by atoms with Gasteiger partial charge in [-0.25, -0.2) is 0 Å². The number of methoxy groups -OCH3 is 1. The molecule has 0 aliphatic heterocycles. The molecule has 0 saturated carbocycles. The maximum Gasteiger partial charge on any atom is 0.125 e. The van der Waals surface area contributed by atoms with E-state index in [0.717, 1.165) is 0 Å². The summed E-state index contributed by atoms with van der Waals surface area (Å²) in [7, 11) is 1.64. The number of ether oxygens (including phenoxy) is 4. The molecule has 0 fully saturated rings. The van der Waals surface area contributed by atoms with Crippen LogP contribution in [0.4, 0.5) is 5.69 Å². The van der Waals surface area contributed by atoms with Gasteiger partial charge < -0.3 is 24.7 Å². The molecule has 0 bridgehead atoms. The summed E-state index contributed by atoms with van der Waals surface area (Å²) in [6.07, 6.45) is 0.104. The van der Waals surface area contributed by atoms with Crippen molar-refractivity contribution in [1.29, 1.82) is 0 Å². The Labute approximate surface area is 114 Å². The van der Waals surface area contributed by atoms with Crippen LogP contribution in [0.3, 0.4) is 0 Å². The lowest BCUT2D eigenvalue weighted by molar-refractivity contribution is 0.0544. The van der Waals surface area contributed by atoms with Crippen molar-refractivity contribution >= 4 is 5.69 Å². The van der Waals surface area contributed by atoms with Crippen LogP contribution in [-0.4, -0.2) is 39.6 Å². The van der Waals surface area contributed by atoms with Crippen molar-refractivity contribution in [3.05, 3.63) is 18.2 Å². The zero-order chi connectivity index (χ0) is 14.1. The van der Waals surface area contributed by atoms with E-state index in [1.807, 2.05) is 19.9 Å². The van der Waals surface area contributed by atoms with Crippen LogP contribution >= 0.6 is 0 Å². The van der Waals surface area contributed by atoms with Crippen LogP contribution in [0.5, 0.6) is 11.5 Å². The molecule has 1 aromatic rings. The summed E-state index contributed by atoms with van der Waals surface area (Å²) in [5, 5.41) is 0. The number of hydrogen-bond donors (Lipinski definition) is 1. The molecule has 1 rings (SSSR count). The third-order valence-electron chi connectivity index (χ3n) is 2.20. The lowest BCUT2D eigenvalue weighted by atomic mass is 10.3. The van der Waals surface area contributed by atoms with E-state index in [9.17, 15) is 0 Å². The molecule has 0 unspecified atom stereocenters. The van der Waals surface area contributed by atoms with Gasteiger partial charge in [0.25, 0.3) is 0 Å². The Hall–Kier alpha value is -1.46. The Balaban J connectivity index is 2.38. The molecule has 0 spiro atoms. The molecule has 5 heteroatoms. The third-order valence-corrected chi connectivity index (χ3v) is 2.20. The summed E-state index contributed by atoms with van der Waals surface area (Å²) < 4.78 is 21.3. The van der Waals surface area contributed by atoms with Gasteiger partial charge in [0.1, 0.15) is 18.1 Å². The first kappa shape index (κ1) is 15.6. The van der Waals surface area contributed by atoms with Crippen LogP contribution in [0.15, 0.2) is 18.2 Å². The zero-order valence-electron chi connectivity index (χ0n) is 11.8. The molecule has 0 aliphatic rings. The second-order valence-corrected chi connectivity index (χ2v) is 4.36. The molecule has 0 heterocycles. The molecule has 1 aromatic carbocycles. The first-order chi connectivity index (χ1) is 9.11. The van der Waals surface area contributed by atoms with Crippen molar-refractivity contribution in [3.8, 4) is 11.5 Å². The van der Waals surface area contributed by atoms with Crippen LogP contribution in [0.1, 0.15) is 13.8 Å². The highest BCUT2D eigenvalue weighted by molar-refractivity contribution is 5.50. The standard InChI is InChI=1S/C14H23NO4/c1-11(2)19-14-9-12(15)8-13(10-14)18-7-6-17-5-4-16-3/h8-11H,4-7,15H2,1-3H3. The molecule has 0 atom stereocenters. The van der Waals surface area contributed by atoms with Crippen LogP contribution in [0.25, 0.3) is 0 Å². The van der Waals surface area contributed by atoms with E-state index in [4.69, 9.17) is 24.7 Å². The smallest absolute Gasteiger partial charge is 0.125 e. The van der Waals surface area contributed by atoms with E-state index < -0.39 is 0 Å². The van der Waals surface area contributed by atoms with Crippen molar-refractivity contribution in [2.75, 3.05) is 39.3 Å². The fourth-order valence-electron chi connectivity index (χ4n) is 1.48. The van der Waals surface area contributed by atoms with Gasteiger partial charge in [0.15, 0.2) is 0 Å². The lowest BCUT2D eigenvalue weighted by Crippen LogP contribution is -2.10. The van der Waals surface area contributed by atoms with E-state index in [-0.39, 0.29) is 6.10 Å². The van der Waals surface area contributed by atoms with Gasteiger partial charge in [0, 0.05) is 31.0 Å². The van der Waals surface area contributed by atoms with E-state index in [0.29, 0.717) is 43.6 Å². The monoisotopic (exact) mass is 269 g/mol. The molecule has 19 heavy (non-hydrogen) atoms. The zero-order valence-corrected chi connectivity index (χ0v) is 11.8. The molecule has 108 valence electrons. The van der Waals surface area contributed by atoms with Gasteiger partial charge in [-0.05, 0) is 13.8 Å². The summed E-state index contributed by atoms with van der Waals surface area (Å²) in [6.45, 7) is 6.07. The van der Waals surface area contributed by atoms with Gasteiger partial charge in [-0.1, -0.05) is 0 Å². The van der Waals surface area contributed by atoms with Gasteiger partial charge in [0.05, 0.1) is 25.9 Å². The normalized spacial score (nSPS) is 10.7. The van der Waals surface area contributed by atoms with Gasteiger partial charge in [-0.2, -0.15) is 0 Å². The number of hydrogen-bond acceptors (Lipinski definition) is 5. The quantitative estimate of drug-likeness (QED) is 0.549. The topological polar surface area (TPSA) is 62.9 Å². The highest BCUT2D eigenvalue weighted by Gasteiger charge is 2.03. The predicted octanol–water partition coefficient (Wildman–Crippen LogP) is 2.10. The average molecular weight is 269 g/mol. The Morgan fingerprint density at radius 3 is 2.37 bits per heavy atom. The van der Waals surface area contributed by atoms with E-state index >= 15 is 0 Å². The molecule has 0 amide bonds. The molecule has 0 radical (unpaired) electrons. The predicted molar refractivity (Wildman–Crippen MR) is 74.8 cm³/mol. The summed E-state index contributed by atoms with van der Waals surface area (Å²) in [4.78, 5) is 0. The summed E-state index contributed by atoms with van der Waals surface area (Å²) in [5.41, 5.74) is 6.42. The van der Waals surface area contributed by atoms with Crippen LogP contribution < -0.4 is 15.2 Å². The lowest BCUT2D eigenvalue weighted by Gasteiger charge is -2.13. The van der Waals surface area contributed by atoms with Crippen LogP contribution in [-0.2, 0) is 9.47 Å². The Kier molecular flexibility index (Phi) is 7.07. The fraction of sp³-hybridized carbons (Fsp3) is 0.571. The highest BCUT2D eigenvalue weighted by Crippen LogP contribution is 2.25. The van der Waals surface area contributed by atoms with E-state index in [1.165, 1.54) is 0 Å². The minimum Gasteiger partial charge on any atom is -0.491 e. The number of anilines is 1. The van der Waals surface area contributed by atoms with E-state index in [1.54, 1.807) is 19.2 Å². The van der Waals surface area contributed by atoms with Crippen molar-refractivity contribution < 1.29 is 18.9 Å². The summed E-state index contributed by atoms with van der Waals surface area (Å²) >= 11 is 0. The van der Waals surface area contributed by atoms with Crippen molar-refractivity contribution in [2.45, 2.75) is 20.0 Å². The second kappa shape index (κ2) is 8.61. The van der Waals surface area contributed by atoms with Crippen molar-refractivity contribution in [1.82, 2.24) is 0 Å². The van der Waals surface area contributed by atoms with Crippen LogP contribution in [0, 0.1) is 0 Å². The Morgan fingerprint density at radius 1 is 1.00 bits per heavy atom. The third kappa shape index (κ3) is 6.88. The summed E-state index contributed by atoms with van der Waals surface area (Å²) in [5.74, 6) is 1.40. The Bertz CT molecular complexity index is 368. The fourth-order valence-corrected chi connectivity index (χ4v) is 1.48. The molecule has 2 N–H and O–H groups in total.